The number of carbonyl (C=O) groups excluding carboxylic acids is 2. The van der Waals surface area contributed by atoms with Crippen LogP contribution >= 0.6 is 0 Å². The van der Waals surface area contributed by atoms with Crippen molar-refractivity contribution in [1.82, 2.24) is 24.6 Å². The largest absolute Gasteiger partial charge is 0.366 e. The Morgan fingerprint density at radius 1 is 1.30 bits per heavy atom. The predicted octanol–water partition coefficient (Wildman–Crippen LogP) is 0.441. The highest BCUT2D eigenvalue weighted by Gasteiger charge is 2.47. The van der Waals surface area contributed by atoms with Gasteiger partial charge in [-0.05, 0) is 13.0 Å². The lowest BCUT2D eigenvalue weighted by molar-refractivity contribution is -0.128. The summed E-state index contributed by atoms with van der Waals surface area (Å²) in [7, 11) is 1.86. The number of pyridine rings is 1. The number of aromatic nitrogens is 3. The lowest BCUT2D eigenvalue weighted by Crippen LogP contribution is -2.53. The second kappa shape index (κ2) is 4.94. The molecular formula is C15H18N6O2. The number of aryl methyl sites for hydroxylation is 1. The van der Waals surface area contributed by atoms with Crippen molar-refractivity contribution in [1.29, 1.82) is 0 Å². The average Bonchev–Trinajstić information content (AvgIpc) is 3.06. The number of piperazine rings is 1. The van der Waals surface area contributed by atoms with Crippen molar-refractivity contribution in [3.05, 3.63) is 18.5 Å². The maximum atomic E-state index is 12.4. The predicted molar refractivity (Wildman–Crippen MR) is 84.0 cm³/mol. The molecule has 8 nitrogen and oxygen atoms in total. The van der Waals surface area contributed by atoms with Crippen molar-refractivity contribution in [3.63, 3.8) is 0 Å². The van der Waals surface area contributed by atoms with Crippen LogP contribution in [0, 0.1) is 0 Å². The van der Waals surface area contributed by atoms with Crippen molar-refractivity contribution in [2.75, 3.05) is 31.1 Å². The van der Waals surface area contributed by atoms with Crippen LogP contribution in [0.1, 0.15) is 6.92 Å². The van der Waals surface area contributed by atoms with Crippen LogP contribution in [-0.2, 0) is 11.8 Å². The van der Waals surface area contributed by atoms with Crippen LogP contribution < -0.4 is 4.90 Å². The first-order valence-electron chi connectivity index (χ1n) is 7.75. The average molecular weight is 314 g/mol. The Morgan fingerprint density at radius 2 is 2.13 bits per heavy atom. The number of urea groups is 1. The topological polar surface area (TPSA) is 74.6 Å². The Kier molecular flexibility index (Phi) is 3.00. The molecule has 2 aliphatic heterocycles. The van der Waals surface area contributed by atoms with Gasteiger partial charge in [0.05, 0.1) is 17.3 Å². The summed E-state index contributed by atoms with van der Waals surface area (Å²) in [5.41, 5.74) is 1.83. The Balaban J connectivity index is 1.67. The van der Waals surface area contributed by atoms with Gasteiger partial charge in [-0.3, -0.25) is 14.4 Å². The Hall–Kier alpha value is -2.64. The van der Waals surface area contributed by atoms with E-state index in [1.807, 2.05) is 20.0 Å². The van der Waals surface area contributed by atoms with Gasteiger partial charge >= 0.3 is 6.03 Å². The molecule has 0 spiro atoms. The molecule has 0 bridgehead atoms. The van der Waals surface area contributed by atoms with E-state index >= 15 is 0 Å². The van der Waals surface area contributed by atoms with E-state index in [1.165, 1.54) is 4.90 Å². The smallest absolute Gasteiger partial charge is 0.327 e. The quantitative estimate of drug-likeness (QED) is 0.752. The van der Waals surface area contributed by atoms with Crippen molar-refractivity contribution >= 4 is 28.7 Å². The van der Waals surface area contributed by atoms with E-state index in [0.29, 0.717) is 26.2 Å². The Morgan fingerprint density at radius 3 is 2.91 bits per heavy atom. The molecule has 0 aromatic carbocycles. The lowest BCUT2D eigenvalue weighted by Gasteiger charge is -2.36. The Bertz CT molecular complexity index is 800. The number of amides is 3. The first-order chi connectivity index (χ1) is 11.1. The molecule has 2 fully saturated rings. The van der Waals surface area contributed by atoms with Gasteiger partial charge in [0.25, 0.3) is 5.91 Å². The fourth-order valence-corrected chi connectivity index (χ4v) is 3.47. The fourth-order valence-electron chi connectivity index (χ4n) is 3.47. The number of fused-ring (bicyclic) bond motifs is 2. The minimum Gasteiger partial charge on any atom is -0.366 e. The fraction of sp³-hybridized carbons (Fsp3) is 0.467. The summed E-state index contributed by atoms with van der Waals surface area (Å²) >= 11 is 0. The molecule has 4 rings (SSSR count). The summed E-state index contributed by atoms with van der Waals surface area (Å²) in [6.45, 7) is 4.01. The van der Waals surface area contributed by atoms with Gasteiger partial charge in [-0.25, -0.2) is 9.78 Å². The molecule has 0 saturated carbocycles. The van der Waals surface area contributed by atoms with E-state index < -0.39 is 6.04 Å². The maximum Gasteiger partial charge on any atom is 0.327 e. The van der Waals surface area contributed by atoms with E-state index in [-0.39, 0.29) is 11.9 Å². The molecule has 3 amide bonds. The van der Waals surface area contributed by atoms with E-state index in [9.17, 15) is 9.59 Å². The minimum atomic E-state index is -0.393. The maximum absolute atomic E-state index is 12.4. The highest BCUT2D eigenvalue weighted by atomic mass is 16.2. The number of hydrogen-bond donors (Lipinski definition) is 0. The summed E-state index contributed by atoms with van der Waals surface area (Å²) in [5.74, 6) is -0.0984. The first kappa shape index (κ1) is 14.0. The zero-order valence-corrected chi connectivity index (χ0v) is 13.1. The summed E-state index contributed by atoms with van der Waals surface area (Å²) in [6, 6.07) is 1.39. The third-order valence-electron chi connectivity index (χ3n) is 4.68. The minimum absolute atomic E-state index is 0.0984. The molecule has 2 aromatic rings. The molecule has 0 radical (unpaired) electrons. The van der Waals surface area contributed by atoms with Gasteiger partial charge in [-0.1, -0.05) is 0 Å². The standard InChI is InChI=1S/C15H18N6O2/c1-3-20-14(22)12-9-19(6-7-21(12)15(20)23)11-4-5-16-13-10(11)8-17-18(13)2/h4-5,8,12H,3,6-7,9H2,1-2H3. The zero-order chi connectivity index (χ0) is 16.1. The number of carbonyl (C=O) groups is 2. The van der Waals surface area contributed by atoms with Gasteiger partial charge in [-0.2, -0.15) is 5.10 Å². The molecule has 23 heavy (non-hydrogen) atoms. The van der Waals surface area contributed by atoms with E-state index in [2.05, 4.69) is 15.0 Å². The highest BCUT2D eigenvalue weighted by Crippen LogP contribution is 2.29. The molecule has 0 aliphatic carbocycles. The van der Waals surface area contributed by atoms with E-state index in [1.54, 1.807) is 22.0 Å². The molecule has 8 heteroatoms. The monoisotopic (exact) mass is 314 g/mol. The third kappa shape index (κ3) is 1.90. The number of rotatable bonds is 2. The molecule has 2 aliphatic rings. The van der Waals surface area contributed by atoms with Gasteiger partial charge in [0.2, 0.25) is 0 Å². The Labute approximate surface area is 133 Å². The molecular weight excluding hydrogens is 296 g/mol. The van der Waals surface area contributed by atoms with Crippen LogP contribution in [0.2, 0.25) is 0 Å². The van der Waals surface area contributed by atoms with Gasteiger partial charge in [-0.15, -0.1) is 0 Å². The van der Waals surface area contributed by atoms with Gasteiger partial charge in [0.1, 0.15) is 6.04 Å². The third-order valence-corrected chi connectivity index (χ3v) is 4.68. The van der Waals surface area contributed by atoms with Crippen LogP contribution in [0.25, 0.3) is 11.0 Å². The summed E-state index contributed by atoms with van der Waals surface area (Å²) in [6.07, 6.45) is 3.55. The van der Waals surface area contributed by atoms with Crippen LogP contribution in [0.5, 0.6) is 0 Å². The molecule has 1 unspecified atom stereocenters. The molecule has 2 aromatic heterocycles. The SMILES string of the molecule is CCN1C(=O)C2CN(c3ccnc4c3cnn4C)CCN2C1=O. The molecule has 0 N–H and O–H groups in total. The molecule has 120 valence electrons. The van der Waals surface area contributed by atoms with Crippen LogP contribution in [0.15, 0.2) is 18.5 Å². The number of imide groups is 1. The highest BCUT2D eigenvalue weighted by molar-refractivity contribution is 6.05. The van der Waals surface area contributed by atoms with Gasteiger partial charge < -0.3 is 9.80 Å². The summed E-state index contributed by atoms with van der Waals surface area (Å²) < 4.78 is 1.73. The number of hydrogen-bond acceptors (Lipinski definition) is 5. The van der Waals surface area contributed by atoms with Crippen molar-refractivity contribution < 1.29 is 9.59 Å². The van der Waals surface area contributed by atoms with E-state index in [0.717, 1.165) is 16.7 Å². The molecule has 2 saturated heterocycles. The normalized spacial score (nSPS) is 21.5. The first-order valence-corrected chi connectivity index (χ1v) is 7.75. The van der Waals surface area contributed by atoms with Crippen LogP contribution in [-0.4, -0.2) is 68.7 Å². The second-order valence-electron chi connectivity index (χ2n) is 5.86. The number of anilines is 1. The molecule has 1 atom stereocenters. The van der Waals surface area contributed by atoms with E-state index in [4.69, 9.17) is 0 Å². The molecule has 4 heterocycles. The van der Waals surface area contributed by atoms with Crippen molar-refractivity contribution in [3.8, 4) is 0 Å². The summed E-state index contributed by atoms with van der Waals surface area (Å²) in [5, 5.41) is 5.22. The second-order valence-corrected chi connectivity index (χ2v) is 5.86. The number of nitrogens with zero attached hydrogens (tertiary/aromatic N) is 6. The zero-order valence-electron chi connectivity index (χ0n) is 13.1. The van der Waals surface area contributed by atoms with Crippen LogP contribution in [0.4, 0.5) is 10.5 Å². The van der Waals surface area contributed by atoms with Gasteiger partial charge in [0, 0.05) is 39.4 Å². The van der Waals surface area contributed by atoms with Gasteiger partial charge in [0.15, 0.2) is 5.65 Å². The lowest BCUT2D eigenvalue weighted by atomic mass is 10.1. The van der Waals surface area contributed by atoms with Crippen LogP contribution in [0.3, 0.4) is 0 Å². The van der Waals surface area contributed by atoms with Crippen molar-refractivity contribution in [2.24, 2.45) is 7.05 Å². The summed E-state index contributed by atoms with van der Waals surface area (Å²) in [4.78, 5) is 34.2. The number of likely N-dealkylation sites (N-methyl/N-ethyl adjacent to an activating group) is 1. The van der Waals surface area contributed by atoms with Crippen molar-refractivity contribution in [2.45, 2.75) is 13.0 Å².